The van der Waals surface area contributed by atoms with Crippen molar-refractivity contribution in [2.45, 2.75) is 31.7 Å². The normalized spacial score (nSPS) is 18.6. The van der Waals surface area contributed by atoms with Crippen LogP contribution in [0.25, 0.3) is 0 Å². The third kappa shape index (κ3) is 5.05. The monoisotopic (exact) mass is 465 g/mol. The second kappa shape index (κ2) is 9.88. The third-order valence-corrected chi connectivity index (χ3v) is 7.10. The van der Waals surface area contributed by atoms with Crippen molar-refractivity contribution in [1.82, 2.24) is 24.1 Å². The maximum absolute atomic E-state index is 13.1. The van der Waals surface area contributed by atoms with Gasteiger partial charge in [0.1, 0.15) is 11.6 Å². The van der Waals surface area contributed by atoms with Gasteiger partial charge in [0.2, 0.25) is 5.75 Å². The van der Waals surface area contributed by atoms with E-state index in [9.17, 15) is 23.3 Å². The second-order valence-electron chi connectivity index (χ2n) is 8.05. The Balaban J connectivity index is 1.88. The minimum atomic E-state index is -1.19. The summed E-state index contributed by atoms with van der Waals surface area (Å²) in [6.07, 6.45) is 0. The number of piperazine rings is 1. The molecule has 2 heterocycles. The summed E-state index contributed by atoms with van der Waals surface area (Å²) in [5.41, 5.74) is -0.458. The van der Waals surface area contributed by atoms with Crippen LogP contribution in [-0.4, -0.2) is 65.9 Å². The Kier molecular flexibility index (Phi) is 7.42. The largest absolute Gasteiger partial charge is 0.501 e. The Labute approximate surface area is 188 Å². The van der Waals surface area contributed by atoms with Crippen molar-refractivity contribution in [2.24, 2.45) is 7.05 Å². The fourth-order valence-corrected chi connectivity index (χ4v) is 4.67. The number of hydrogen-bond donors (Lipinski definition) is 2. The number of carbonyl (C=O) groups is 1. The summed E-state index contributed by atoms with van der Waals surface area (Å²) in [6.45, 7) is 5.40. The molecule has 1 saturated heterocycles. The SMILES string of the molecule is CC(C)S(=O)N1CCN(C)C(c2nc(C(=O)NCc3ccc(F)cc3)c(O)c(=O)n2C)C1. The van der Waals surface area contributed by atoms with Gasteiger partial charge in [-0.15, -0.1) is 0 Å². The van der Waals surface area contributed by atoms with E-state index in [1.54, 1.807) is 0 Å². The molecule has 0 radical (unpaired) electrons. The predicted octanol–water partition coefficient (Wildman–Crippen LogP) is 0.916. The molecule has 0 bridgehead atoms. The molecular formula is C21H28FN5O4S. The number of aromatic hydroxyl groups is 1. The van der Waals surface area contributed by atoms with Gasteiger partial charge in [0, 0.05) is 38.5 Å². The molecule has 9 nitrogen and oxygen atoms in total. The fourth-order valence-electron chi connectivity index (χ4n) is 3.52. The average Bonchev–Trinajstić information content (AvgIpc) is 2.77. The van der Waals surface area contributed by atoms with Gasteiger partial charge in [-0.05, 0) is 38.6 Å². The van der Waals surface area contributed by atoms with Crippen LogP contribution in [0.1, 0.15) is 41.8 Å². The molecule has 0 aliphatic carbocycles. The van der Waals surface area contributed by atoms with E-state index >= 15 is 0 Å². The van der Waals surface area contributed by atoms with Gasteiger partial charge in [0.25, 0.3) is 11.5 Å². The highest BCUT2D eigenvalue weighted by atomic mass is 32.2. The minimum absolute atomic E-state index is 0.0524. The van der Waals surface area contributed by atoms with Gasteiger partial charge >= 0.3 is 0 Å². The first-order chi connectivity index (χ1) is 15.1. The number of amides is 1. The highest BCUT2D eigenvalue weighted by Gasteiger charge is 2.33. The third-order valence-electron chi connectivity index (χ3n) is 5.45. The average molecular weight is 466 g/mol. The van der Waals surface area contributed by atoms with E-state index in [4.69, 9.17) is 0 Å². The molecular weight excluding hydrogens is 437 g/mol. The van der Waals surface area contributed by atoms with Gasteiger partial charge in [-0.2, -0.15) is 0 Å². The summed E-state index contributed by atoms with van der Waals surface area (Å²) >= 11 is 0. The maximum Gasteiger partial charge on any atom is 0.296 e. The fraction of sp³-hybridized carbons (Fsp3) is 0.476. The molecule has 1 aromatic heterocycles. The van der Waals surface area contributed by atoms with Crippen LogP contribution in [0.5, 0.6) is 5.75 Å². The molecule has 2 atom stereocenters. The first-order valence-corrected chi connectivity index (χ1v) is 11.5. The Morgan fingerprint density at radius 3 is 2.56 bits per heavy atom. The van der Waals surface area contributed by atoms with Crippen molar-refractivity contribution in [1.29, 1.82) is 0 Å². The van der Waals surface area contributed by atoms with Gasteiger partial charge < -0.3 is 10.4 Å². The predicted molar refractivity (Wildman–Crippen MR) is 119 cm³/mol. The number of nitrogens with zero attached hydrogens (tertiary/aromatic N) is 4. The van der Waals surface area contributed by atoms with E-state index in [2.05, 4.69) is 10.3 Å². The number of nitrogens with one attached hydrogen (secondary N) is 1. The topological polar surface area (TPSA) is 108 Å². The van der Waals surface area contributed by atoms with E-state index in [1.807, 2.05) is 30.1 Å². The molecule has 0 saturated carbocycles. The summed E-state index contributed by atoms with van der Waals surface area (Å²) in [5.74, 6) is -1.55. The molecule has 174 valence electrons. The molecule has 1 fully saturated rings. The lowest BCUT2D eigenvalue weighted by atomic mass is 10.1. The van der Waals surface area contributed by atoms with Gasteiger partial charge in [-0.3, -0.25) is 19.1 Å². The van der Waals surface area contributed by atoms with Crippen LogP contribution in [0.15, 0.2) is 29.1 Å². The second-order valence-corrected chi connectivity index (χ2v) is 10.1. The lowest BCUT2D eigenvalue weighted by Crippen LogP contribution is -2.50. The zero-order valence-corrected chi connectivity index (χ0v) is 19.4. The van der Waals surface area contributed by atoms with Crippen LogP contribution in [0.4, 0.5) is 4.39 Å². The number of hydrogen-bond acceptors (Lipinski definition) is 6. The van der Waals surface area contributed by atoms with Crippen LogP contribution >= 0.6 is 0 Å². The minimum Gasteiger partial charge on any atom is -0.501 e. The summed E-state index contributed by atoms with van der Waals surface area (Å²) in [4.78, 5) is 31.7. The van der Waals surface area contributed by atoms with Crippen LogP contribution in [0.2, 0.25) is 0 Å². The molecule has 2 N–H and O–H groups in total. The van der Waals surface area contributed by atoms with E-state index in [0.29, 0.717) is 31.0 Å². The van der Waals surface area contributed by atoms with Gasteiger partial charge in [-0.1, -0.05) is 12.1 Å². The van der Waals surface area contributed by atoms with Crippen LogP contribution < -0.4 is 10.9 Å². The summed E-state index contributed by atoms with van der Waals surface area (Å²) in [6, 6.07) is 5.21. The Hall–Kier alpha value is -2.63. The Morgan fingerprint density at radius 1 is 1.28 bits per heavy atom. The highest BCUT2D eigenvalue weighted by molar-refractivity contribution is 7.83. The molecule has 1 amide bonds. The molecule has 2 unspecified atom stereocenters. The van der Waals surface area contributed by atoms with Gasteiger partial charge in [0.15, 0.2) is 5.69 Å². The maximum atomic E-state index is 13.1. The Bertz CT molecular complexity index is 1070. The quantitative estimate of drug-likeness (QED) is 0.657. The molecule has 32 heavy (non-hydrogen) atoms. The lowest BCUT2D eigenvalue weighted by molar-refractivity contribution is 0.0939. The van der Waals surface area contributed by atoms with E-state index in [0.717, 1.165) is 0 Å². The highest BCUT2D eigenvalue weighted by Crippen LogP contribution is 2.25. The van der Waals surface area contributed by atoms with Gasteiger partial charge in [-0.25, -0.2) is 17.9 Å². The molecule has 1 aliphatic rings. The zero-order valence-electron chi connectivity index (χ0n) is 18.5. The number of halogens is 1. The van der Waals surface area contributed by atoms with Crippen LogP contribution in [-0.2, 0) is 24.6 Å². The summed E-state index contributed by atoms with van der Waals surface area (Å²) in [7, 11) is 2.16. The molecule has 1 aromatic carbocycles. The van der Waals surface area contributed by atoms with Crippen LogP contribution in [0, 0.1) is 5.82 Å². The van der Waals surface area contributed by atoms with Crippen molar-refractivity contribution in [3.05, 3.63) is 57.5 Å². The molecule has 2 aromatic rings. The molecule has 3 rings (SSSR count). The summed E-state index contributed by atoms with van der Waals surface area (Å²) < 4.78 is 28.7. The molecule has 0 spiro atoms. The lowest BCUT2D eigenvalue weighted by Gasteiger charge is -2.39. The first-order valence-electron chi connectivity index (χ1n) is 10.3. The number of likely N-dealkylation sites (N-methyl/N-ethyl adjacent to an activating group) is 1. The standard InChI is InChI=1S/C21H28FN5O4S/c1-13(2)32(31)27-10-9-25(3)16(12-27)19-24-17(18(28)21(30)26(19)4)20(29)23-11-14-5-7-15(22)8-6-14/h5-8,13,16,28H,9-12H2,1-4H3,(H,23,29). The van der Waals surface area contributed by atoms with Crippen molar-refractivity contribution in [2.75, 3.05) is 26.7 Å². The number of benzene rings is 1. The zero-order chi connectivity index (χ0) is 23.6. The van der Waals surface area contributed by atoms with E-state index in [1.165, 1.54) is 35.9 Å². The number of rotatable bonds is 6. The number of aromatic nitrogens is 2. The van der Waals surface area contributed by atoms with Crippen molar-refractivity contribution < 1.29 is 18.5 Å². The van der Waals surface area contributed by atoms with Gasteiger partial charge in [0.05, 0.1) is 17.0 Å². The van der Waals surface area contributed by atoms with Crippen molar-refractivity contribution >= 4 is 16.9 Å². The Morgan fingerprint density at radius 2 is 1.94 bits per heavy atom. The van der Waals surface area contributed by atoms with E-state index in [-0.39, 0.29) is 23.3 Å². The van der Waals surface area contributed by atoms with Crippen molar-refractivity contribution in [3.63, 3.8) is 0 Å². The van der Waals surface area contributed by atoms with Crippen LogP contribution in [0.3, 0.4) is 0 Å². The first kappa shape index (κ1) is 24.0. The molecule has 11 heteroatoms. The van der Waals surface area contributed by atoms with Crippen molar-refractivity contribution in [3.8, 4) is 5.75 Å². The smallest absolute Gasteiger partial charge is 0.296 e. The summed E-state index contributed by atoms with van der Waals surface area (Å²) in [5, 5.41) is 12.9. The van der Waals surface area contributed by atoms with E-state index < -0.39 is 34.2 Å². The molecule has 1 aliphatic heterocycles. The number of carbonyl (C=O) groups excluding carboxylic acids is 1.